The van der Waals surface area contributed by atoms with Crippen LogP contribution in [-0.2, 0) is 0 Å². The Morgan fingerprint density at radius 3 is 2.48 bits per heavy atom. The summed E-state index contributed by atoms with van der Waals surface area (Å²) in [4.78, 5) is 0. The van der Waals surface area contributed by atoms with E-state index in [1.807, 2.05) is 36.4 Å². The molecule has 3 unspecified atom stereocenters. The van der Waals surface area contributed by atoms with Crippen molar-refractivity contribution >= 4 is 0 Å². The molecule has 21 heavy (non-hydrogen) atoms. The van der Waals surface area contributed by atoms with Gasteiger partial charge in [0, 0.05) is 5.56 Å². The van der Waals surface area contributed by atoms with Crippen LogP contribution in [0.15, 0.2) is 48.5 Å². The number of hydrogen-bond donors (Lipinski definition) is 1. The van der Waals surface area contributed by atoms with Gasteiger partial charge in [0.25, 0.3) is 0 Å². The number of hydrogen-bond acceptors (Lipinski definition) is 3. The standard InChI is InChI=1S/C18H20O3/c1-20-13-8-9-17(21-2)16(10-13)18(19)15-11-14(15)12-6-4-3-5-7-12/h3-10,14-15,18-19H,11H2,1-2H3. The first kappa shape index (κ1) is 14.0. The average molecular weight is 284 g/mol. The zero-order chi connectivity index (χ0) is 14.8. The summed E-state index contributed by atoms with van der Waals surface area (Å²) >= 11 is 0. The maximum atomic E-state index is 10.7. The zero-order valence-electron chi connectivity index (χ0n) is 12.3. The molecule has 2 aromatic rings. The summed E-state index contributed by atoms with van der Waals surface area (Å²) in [7, 11) is 3.25. The highest BCUT2D eigenvalue weighted by molar-refractivity contribution is 5.43. The lowest BCUT2D eigenvalue weighted by Gasteiger charge is -2.16. The number of aliphatic hydroxyl groups is 1. The Morgan fingerprint density at radius 1 is 1.05 bits per heavy atom. The lowest BCUT2D eigenvalue weighted by atomic mass is 10.00. The minimum absolute atomic E-state index is 0.244. The molecule has 0 radical (unpaired) electrons. The van der Waals surface area contributed by atoms with Gasteiger partial charge < -0.3 is 14.6 Å². The van der Waals surface area contributed by atoms with Crippen LogP contribution in [-0.4, -0.2) is 19.3 Å². The normalized spacial score (nSPS) is 21.7. The smallest absolute Gasteiger partial charge is 0.124 e. The van der Waals surface area contributed by atoms with Gasteiger partial charge in [-0.3, -0.25) is 0 Å². The van der Waals surface area contributed by atoms with E-state index in [0.29, 0.717) is 11.7 Å². The number of methoxy groups -OCH3 is 2. The van der Waals surface area contributed by atoms with Crippen molar-refractivity contribution in [3.63, 3.8) is 0 Å². The molecule has 1 fully saturated rings. The predicted octanol–water partition coefficient (Wildman–Crippen LogP) is 3.54. The van der Waals surface area contributed by atoms with Crippen LogP contribution in [0.1, 0.15) is 29.6 Å². The molecule has 3 atom stereocenters. The minimum atomic E-state index is -0.528. The maximum absolute atomic E-state index is 10.7. The molecule has 0 amide bonds. The van der Waals surface area contributed by atoms with Gasteiger partial charge in [-0.1, -0.05) is 30.3 Å². The Hall–Kier alpha value is -2.00. The molecule has 3 rings (SSSR count). The molecule has 0 aromatic heterocycles. The van der Waals surface area contributed by atoms with Gasteiger partial charge in [0.05, 0.1) is 20.3 Å². The summed E-state index contributed by atoms with van der Waals surface area (Å²) in [5.41, 5.74) is 2.10. The van der Waals surface area contributed by atoms with Crippen LogP contribution in [0.2, 0.25) is 0 Å². The summed E-state index contributed by atoms with van der Waals surface area (Å²) in [5.74, 6) is 2.12. The van der Waals surface area contributed by atoms with Crippen LogP contribution in [0.3, 0.4) is 0 Å². The molecule has 0 heterocycles. The predicted molar refractivity (Wildman–Crippen MR) is 81.8 cm³/mol. The molecule has 1 saturated carbocycles. The Morgan fingerprint density at radius 2 is 1.81 bits per heavy atom. The van der Waals surface area contributed by atoms with Crippen molar-refractivity contribution in [1.29, 1.82) is 0 Å². The highest BCUT2D eigenvalue weighted by Crippen LogP contribution is 2.55. The van der Waals surface area contributed by atoms with E-state index in [1.54, 1.807) is 14.2 Å². The van der Waals surface area contributed by atoms with E-state index in [-0.39, 0.29) is 5.92 Å². The van der Waals surface area contributed by atoms with Crippen LogP contribution in [0, 0.1) is 5.92 Å². The lowest BCUT2D eigenvalue weighted by molar-refractivity contribution is 0.147. The molecule has 1 aliphatic carbocycles. The molecule has 3 nitrogen and oxygen atoms in total. The van der Waals surface area contributed by atoms with Crippen molar-refractivity contribution in [2.75, 3.05) is 14.2 Å². The molecule has 2 aromatic carbocycles. The van der Waals surface area contributed by atoms with Gasteiger partial charge in [-0.05, 0) is 42.0 Å². The second-order valence-corrected chi connectivity index (χ2v) is 5.47. The first-order valence-electron chi connectivity index (χ1n) is 7.19. The Labute approximate surface area is 125 Å². The first-order chi connectivity index (χ1) is 10.2. The SMILES string of the molecule is COc1ccc(OC)c(C(O)C2CC2c2ccccc2)c1. The molecule has 3 heteroatoms. The summed E-state index contributed by atoms with van der Waals surface area (Å²) in [6.45, 7) is 0. The number of aliphatic hydroxyl groups excluding tert-OH is 1. The maximum Gasteiger partial charge on any atom is 0.124 e. The van der Waals surface area contributed by atoms with Crippen molar-refractivity contribution in [2.45, 2.75) is 18.4 Å². The van der Waals surface area contributed by atoms with E-state index >= 15 is 0 Å². The second kappa shape index (κ2) is 5.78. The third-order valence-electron chi connectivity index (χ3n) is 4.23. The third kappa shape index (κ3) is 2.74. The Bertz CT molecular complexity index is 609. The second-order valence-electron chi connectivity index (χ2n) is 5.47. The van der Waals surface area contributed by atoms with Crippen LogP contribution in [0.4, 0.5) is 0 Å². The van der Waals surface area contributed by atoms with E-state index in [0.717, 1.165) is 17.7 Å². The summed E-state index contributed by atoms with van der Waals surface area (Å²) < 4.78 is 10.6. The average Bonchev–Trinajstić information content (AvgIpc) is 3.35. The Balaban J connectivity index is 1.82. The van der Waals surface area contributed by atoms with E-state index in [4.69, 9.17) is 9.47 Å². The lowest BCUT2D eigenvalue weighted by Crippen LogP contribution is -2.04. The molecule has 110 valence electrons. The van der Waals surface area contributed by atoms with Crippen molar-refractivity contribution in [1.82, 2.24) is 0 Å². The van der Waals surface area contributed by atoms with E-state index in [9.17, 15) is 5.11 Å². The third-order valence-corrected chi connectivity index (χ3v) is 4.23. The van der Waals surface area contributed by atoms with Crippen molar-refractivity contribution in [2.24, 2.45) is 5.92 Å². The van der Waals surface area contributed by atoms with Gasteiger partial charge in [0.2, 0.25) is 0 Å². The highest BCUT2D eigenvalue weighted by Gasteiger charge is 2.44. The van der Waals surface area contributed by atoms with E-state index in [2.05, 4.69) is 12.1 Å². The van der Waals surface area contributed by atoms with Crippen molar-refractivity contribution in [3.05, 3.63) is 59.7 Å². The van der Waals surface area contributed by atoms with E-state index < -0.39 is 6.10 Å². The van der Waals surface area contributed by atoms with Crippen LogP contribution < -0.4 is 9.47 Å². The first-order valence-corrected chi connectivity index (χ1v) is 7.19. The molecule has 0 bridgehead atoms. The molecule has 0 aliphatic heterocycles. The van der Waals surface area contributed by atoms with Gasteiger partial charge >= 0.3 is 0 Å². The molecule has 1 N–H and O–H groups in total. The van der Waals surface area contributed by atoms with Crippen LogP contribution in [0.5, 0.6) is 11.5 Å². The van der Waals surface area contributed by atoms with Gasteiger partial charge in [0.15, 0.2) is 0 Å². The number of ether oxygens (including phenoxy) is 2. The van der Waals surface area contributed by atoms with Crippen molar-refractivity contribution < 1.29 is 14.6 Å². The van der Waals surface area contributed by atoms with Crippen LogP contribution >= 0.6 is 0 Å². The minimum Gasteiger partial charge on any atom is -0.497 e. The van der Waals surface area contributed by atoms with Crippen LogP contribution in [0.25, 0.3) is 0 Å². The van der Waals surface area contributed by atoms with Gasteiger partial charge in [0.1, 0.15) is 11.5 Å². The molecular weight excluding hydrogens is 264 g/mol. The highest BCUT2D eigenvalue weighted by atomic mass is 16.5. The van der Waals surface area contributed by atoms with Gasteiger partial charge in [-0.15, -0.1) is 0 Å². The topological polar surface area (TPSA) is 38.7 Å². The van der Waals surface area contributed by atoms with Gasteiger partial charge in [-0.25, -0.2) is 0 Å². The quantitative estimate of drug-likeness (QED) is 0.912. The number of rotatable bonds is 5. The molecule has 0 spiro atoms. The van der Waals surface area contributed by atoms with E-state index in [1.165, 1.54) is 5.56 Å². The monoisotopic (exact) mass is 284 g/mol. The fourth-order valence-electron chi connectivity index (χ4n) is 2.95. The largest absolute Gasteiger partial charge is 0.497 e. The molecule has 1 aliphatic rings. The fourth-order valence-corrected chi connectivity index (χ4v) is 2.95. The zero-order valence-corrected chi connectivity index (χ0v) is 12.3. The summed E-state index contributed by atoms with van der Waals surface area (Å²) in [5, 5.41) is 10.7. The molecule has 0 saturated heterocycles. The fraction of sp³-hybridized carbons (Fsp3) is 0.333. The Kier molecular flexibility index (Phi) is 3.84. The van der Waals surface area contributed by atoms with Gasteiger partial charge in [-0.2, -0.15) is 0 Å². The van der Waals surface area contributed by atoms with Crippen molar-refractivity contribution in [3.8, 4) is 11.5 Å². The summed E-state index contributed by atoms with van der Waals surface area (Å²) in [6.07, 6.45) is 0.478. The number of benzene rings is 2. The molecular formula is C18H20O3. The summed E-state index contributed by atoms with van der Waals surface area (Å²) in [6, 6.07) is 15.9.